The van der Waals surface area contributed by atoms with Crippen molar-refractivity contribution in [3.05, 3.63) is 0 Å². The summed E-state index contributed by atoms with van der Waals surface area (Å²) >= 11 is 0. The lowest BCUT2D eigenvalue weighted by Gasteiger charge is -2.26. The normalized spacial score (nSPS) is 11.5. The van der Waals surface area contributed by atoms with Gasteiger partial charge >= 0.3 is 0 Å². The third kappa shape index (κ3) is 2.19. The van der Waals surface area contributed by atoms with Crippen LogP contribution in [0.1, 0.15) is 33.1 Å². The average molecular weight is 158 g/mol. The maximum absolute atomic E-state index is 11.0. The van der Waals surface area contributed by atoms with Crippen molar-refractivity contribution in [3.63, 3.8) is 0 Å². The van der Waals surface area contributed by atoms with Gasteiger partial charge in [0.05, 0.1) is 0 Å². The Kier molecular flexibility index (Phi) is 4.11. The molecule has 1 amide bonds. The Morgan fingerprint density at radius 3 is 1.91 bits per heavy atom. The monoisotopic (exact) mass is 158 g/mol. The molecule has 0 aromatic heterocycles. The predicted molar refractivity (Wildman–Crippen MR) is 45.9 cm³/mol. The van der Waals surface area contributed by atoms with E-state index in [-0.39, 0.29) is 11.3 Å². The quantitative estimate of drug-likeness (QED) is 0.616. The minimum atomic E-state index is -0.352. The first-order valence-electron chi connectivity index (χ1n) is 4.13. The van der Waals surface area contributed by atoms with Crippen LogP contribution in [0.5, 0.6) is 0 Å². The van der Waals surface area contributed by atoms with E-state index in [2.05, 4.69) is 0 Å². The van der Waals surface area contributed by atoms with E-state index < -0.39 is 0 Å². The molecule has 66 valence electrons. The lowest BCUT2D eigenvalue weighted by molar-refractivity contribution is -0.128. The summed E-state index contributed by atoms with van der Waals surface area (Å²) in [6.45, 7) is 4.48. The molecule has 0 unspecified atom stereocenters. The molecule has 4 N–H and O–H groups in total. The van der Waals surface area contributed by atoms with Gasteiger partial charge in [0.15, 0.2) is 0 Å². The summed E-state index contributed by atoms with van der Waals surface area (Å²) in [6.07, 6.45) is 2.28. The SMILES string of the molecule is CCC(CC)(CCN)C(N)=O. The van der Waals surface area contributed by atoms with E-state index in [4.69, 9.17) is 11.5 Å². The zero-order valence-corrected chi connectivity index (χ0v) is 7.39. The van der Waals surface area contributed by atoms with Gasteiger partial charge in [-0.15, -0.1) is 0 Å². The van der Waals surface area contributed by atoms with E-state index in [0.717, 1.165) is 12.8 Å². The van der Waals surface area contributed by atoms with Crippen LogP contribution in [0.25, 0.3) is 0 Å². The summed E-state index contributed by atoms with van der Waals surface area (Å²) in [5, 5.41) is 0. The van der Waals surface area contributed by atoms with Crippen molar-refractivity contribution in [2.45, 2.75) is 33.1 Å². The van der Waals surface area contributed by atoms with Gasteiger partial charge in [-0.3, -0.25) is 4.79 Å². The van der Waals surface area contributed by atoms with Crippen LogP contribution >= 0.6 is 0 Å². The second-order valence-corrected chi connectivity index (χ2v) is 2.89. The molecule has 11 heavy (non-hydrogen) atoms. The Labute approximate surface area is 68.1 Å². The molecule has 0 aromatic rings. The van der Waals surface area contributed by atoms with Gasteiger partial charge in [0.25, 0.3) is 0 Å². The standard InChI is InChI=1S/C8H18N2O/c1-3-8(4-2,5-6-9)7(10)11/h3-6,9H2,1-2H3,(H2,10,11). The molecule has 0 spiro atoms. The summed E-state index contributed by atoms with van der Waals surface area (Å²) in [5.41, 5.74) is 10.3. The Morgan fingerprint density at radius 1 is 1.36 bits per heavy atom. The Bertz CT molecular complexity index is 130. The summed E-state index contributed by atoms with van der Waals surface area (Å²) in [5.74, 6) is -0.215. The highest BCUT2D eigenvalue weighted by Gasteiger charge is 2.31. The van der Waals surface area contributed by atoms with E-state index in [1.807, 2.05) is 13.8 Å². The largest absolute Gasteiger partial charge is 0.369 e. The second kappa shape index (κ2) is 4.34. The first kappa shape index (κ1) is 10.4. The maximum Gasteiger partial charge on any atom is 0.223 e. The number of carbonyl (C=O) groups excluding carboxylic acids is 1. The van der Waals surface area contributed by atoms with Gasteiger partial charge in [-0.2, -0.15) is 0 Å². The lowest BCUT2D eigenvalue weighted by Crippen LogP contribution is -2.37. The predicted octanol–water partition coefficient (Wildman–Crippen LogP) is 0.627. The van der Waals surface area contributed by atoms with Crippen LogP contribution in [0.3, 0.4) is 0 Å². The van der Waals surface area contributed by atoms with Crippen molar-refractivity contribution >= 4 is 5.91 Å². The van der Waals surface area contributed by atoms with Crippen LogP contribution in [-0.2, 0) is 4.79 Å². The first-order chi connectivity index (χ1) is 5.13. The molecule has 0 saturated heterocycles. The molecule has 0 heterocycles. The summed E-state index contributed by atoms with van der Waals surface area (Å²) < 4.78 is 0. The highest BCUT2D eigenvalue weighted by Crippen LogP contribution is 2.29. The fraction of sp³-hybridized carbons (Fsp3) is 0.875. The minimum absolute atomic E-state index is 0.215. The van der Waals surface area contributed by atoms with Gasteiger partial charge in [0, 0.05) is 5.41 Å². The number of nitrogens with two attached hydrogens (primary N) is 2. The third-order valence-electron chi connectivity index (χ3n) is 2.50. The van der Waals surface area contributed by atoms with Crippen molar-refractivity contribution in [1.29, 1.82) is 0 Å². The van der Waals surface area contributed by atoms with Gasteiger partial charge in [0.2, 0.25) is 5.91 Å². The fourth-order valence-electron chi connectivity index (χ4n) is 1.35. The van der Waals surface area contributed by atoms with E-state index >= 15 is 0 Å². The van der Waals surface area contributed by atoms with Crippen LogP contribution in [0.4, 0.5) is 0 Å². The van der Waals surface area contributed by atoms with Crippen molar-refractivity contribution < 1.29 is 4.79 Å². The van der Waals surface area contributed by atoms with Crippen molar-refractivity contribution in [3.8, 4) is 0 Å². The number of carbonyl (C=O) groups is 1. The number of hydrogen-bond donors (Lipinski definition) is 2. The van der Waals surface area contributed by atoms with Crippen LogP contribution in [-0.4, -0.2) is 12.5 Å². The topological polar surface area (TPSA) is 69.1 Å². The van der Waals surface area contributed by atoms with Crippen molar-refractivity contribution in [1.82, 2.24) is 0 Å². The average Bonchev–Trinajstić information content (AvgIpc) is 2.00. The van der Waals surface area contributed by atoms with E-state index in [1.54, 1.807) is 0 Å². The zero-order valence-electron chi connectivity index (χ0n) is 7.39. The second-order valence-electron chi connectivity index (χ2n) is 2.89. The zero-order chi connectivity index (χ0) is 8.91. The Hall–Kier alpha value is -0.570. The number of amides is 1. The van der Waals surface area contributed by atoms with Gasteiger partial charge in [-0.05, 0) is 25.8 Å². The molecule has 0 saturated carbocycles. The molecule has 0 radical (unpaired) electrons. The maximum atomic E-state index is 11.0. The van der Waals surface area contributed by atoms with Crippen molar-refractivity contribution in [2.24, 2.45) is 16.9 Å². The molecule has 0 bridgehead atoms. The van der Waals surface area contributed by atoms with E-state index in [9.17, 15) is 4.79 Å². The number of hydrogen-bond acceptors (Lipinski definition) is 2. The molecule has 0 fully saturated rings. The van der Waals surface area contributed by atoms with Gasteiger partial charge in [0.1, 0.15) is 0 Å². The Morgan fingerprint density at radius 2 is 1.82 bits per heavy atom. The van der Waals surface area contributed by atoms with Crippen LogP contribution in [0, 0.1) is 5.41 Å². The van der Waals surface area contributed by atoms with Crippen LogP contribution in [0.15, 0.2) is 0 Å². The first-order valence-corrected chi connectivity index (χ1v) is 4.13. The van der Waals surface area contributed by atoms with Gasteiger partial charge < -0.3 is 11.5 Å². The summed E-state index contributed by atoms with van der Waals surface area (Å²) in [7, 11) is 0. The third-order valence-corrected chi connectivity index (χ3v) is 2.50. The van der Waals surface area contributed by atoms with Gasteiger partial charge in [-0.1, -0.05) is 13.8 Å². The minimum Gasteiger partial charge on any atom is -0.369 e. The molecule has 0 atom stereocenters. The fourth-order valence-corrected chi connectivity index (χ4v) is 1.35. The van der Waals surface area contributed by atoms with Gasteiger partial charge in [-0.25, -0.2) is 0 Å². The summed E-state index contributed by atoms with van der Waals surface area (Å²) in [4.78, 5) is 11.0. The van der Waals surface area contributed by atoms with E-state index in [1.165, 1.54) is 0 Å². The Balaban J connectivity index is 4.32. The molecule has 0 aliphatic carbocycles. The molecular formula is C8H18N2O. The van der Waals surface area contributed by atoms with Crippen molar-refractivity contribution in [2.75, 3.05) is 6.54 Å². The lowest BCUT2D eigenvalue weighted by atomic mass is 9.78. The molecule has 3 nitrogen and oxygen atoms in total. The van der Waals surface area contributed by atoms with E-state index in [0.29, 0.717) is 13.0 Å². The molecular weight excluding hydrogens is 140 g/mol. The van der Waals surface area contributed by atoms with Crippen LogP contribution in [0.2, 0.25) is 0 Å². The molecule has 3 heteroatoms. The molecule has 0 aromatic carbocycles. The number of primary amides is 1. The summed E-state index contributed by atoms with van der Waals surface area (Å²) in [6, 6.07) is 0. The highest BCUT2D eigenvalue weighted by molar-refractivity contribution is 5.80. The highest BCUT2D eigenvalue weighted by atomic mass is 16.1. The molecule has 0 rings (SSSR count). The smallest absolute Gasteiger partial charge is 0.223 e. The number of rotatable bonds is 5. The molecule has 0 aliphatic heterocycles. The van der Waals surface area contributed by atoms with Crippen LogP contribution < -0.4 is 11.5 Å². The molecule has 0 aliphatic rings.